The van der Waals surface area contributed by atoms with Crippen LogP contribution >= 0.6 is 11.8 Å². The van der Waals surface area contributed by atoms with Gasteiger partial charge in [-0.1, -0.05) is 30.3 Å². The second-order valence-corrected chi connectivity index (χ2v) is 6.00. The van der Waals surface area contributed by atoms with E-state index in [1.807, 2.05) is 30.3 Å². The number of nitrogens with one attached hydrogen (secondary N) is 1. The van der Waals surface area contributed by atoms with Crippen molar-refractivity contribution in [2.24, 2.45) is 0 Å². The van der Waals surface area contributed by atoms with E-state index in [2.05, 4.69) is 0 Å². The van der Waals surface area contributed by atoms with Crippen LogP contribution in [0.4, 0.5) is 0 Å². The fourth-order valence-corrected chi connectivity index (χ4v) is 2.91. The molecule has 1 aromatic carbocycles. The van der Waals surface area contributed by atoms with E-state index in [0.29, 0.717) is 0 Å². The van der Waals surface area contributed by atoms with Gasteiger partial charge in [-0.3, -0.25) is 8.42 Å². The van der Waals surface area contributed by atoms with E-state index in [1.165, 1.54) is 4.90 Å². The third-order valence-electron chi connectivity index (χ3n) is 2.75. The minimum Gasteiger partial charge on any atom is -0.759 e. The monoisotopic (exact) mass is 320 g/mol. The Labute approximate surface area is 121 Å². The van der Waals surface area contributed by atoms with Gasteiger partial charge in [-0.25, -0.2) is 10.3 Å². The summed E-state index contributed by atoms with van der Waals surface area (Å²) in [6.45, 7) is 1.14. The summed E-state index contributed by atoms with van der Waals surface area (Å²) >= 11 is 1.69. The molecule has 0 bridgehead atoms. The van der Waals surface area contributed by atoms with Crippen LogP contribution in [0.3, 0.4) is 0 Å². The number of rotatable bonds is 3. The molecule has 1 saturated heterocycles. The van der Waals surface area contributed by atoms with Crippen LogP contribution in [0.2, 0.25) is 0 Å². The summed E-state index contributed by atoms with van der Waals surface area (Å²) in [4.78, 5) is 1.20. The first-order valence-electron chi connectivity index (χ1n) is 5.76. The molecule has 20 heavy (non-hydrogen) atoms. The fraction of sp³-hybridized carbons (Fsp3) is 0.364. The van der Waals surface area contributed by atoms with E-state index in [-0.39, 0.29) is 12.6 Å². The van der Waals surface area contributed by atoms with Crippen LogP contribution in [0.1, 0.15) is 11.6 Å². The molecule has 2 rings (SSSR count). The topological polar surface area (TPSA) is 131 Å². The highest BCUT2D eigenvalue weighted by Crippen LogP contribution is 2.11. The molecule has 0 aromatic heterocycles. The van der Waals surface area contributed by atoms with Crippen LogP contribution in [0.5, 0.6) is 0 Å². The number of hydrogen-bond acceptors (Lipinski definition) is 6. The summed E-state index contributed by atoms with van der Waals surface area (Å²) < 4.78 is 34.1. The van der Waals surface area contributed by atoms with Crippen molar-refractivity contribution < 1.29 is 32.9 Å². The number of hydrogen-bond donors (Lipinski definition) is 3. The Morgan fingerprint density at radius 1 is 1.35 bits per heavy atom. The van der Waals surface area contributed by atoms with E-state index >= 15 is 0 Å². The Kier molecular flexibility index (Phi) is 6.59. The van der Waals surface area contributed by atoms with Gasteiger partial charge in [0.05, 0.1) is 12.3 Å². The Bertz CT molecular complexity index is 527. The second-order valence-electron chi connectivity index (χ2n) is 4.04. The van der Waals surface area contributed by atoms with Gasteiger partial charge in [0.15, 0.2) is 0 Å². The molecule has 0 radical (unpaired) electrons. The van der Waals surface area contributed by atoms with Gasteiger partial charge < -0.3 is 14.2 Å². The first-order chi connectivity index (χ1) is 9.33. The molecule has 0 aliphatic carbocycles. The van der Waals surface area contributed by atoms with Crippen molar-refractivity contribution in [1.82, 2.24) is 0 Å². The Balaban J connectivity index is 0.000000347. The predicted molar refractivity (Wildman–Crippen MR) is 72.0 cm³/mol. The highest BCUT2D eigenvalue weighted by molar-refractivity contribution is 8.13. The first kappa shape index (κ1) is 17.1. The van der Waals surface area contributed by atoms with Crippen molar-refractivity contribution in [3.8, 4) is 0 Å². The molecule has 112 valence electrons. The van der Waals surface area contributed by atoms with Crippen molar-refractivity contribution in [3.05, 3.63) is 35.9 Å². The lowest BCUT2D eigenvalue weighted by Crippen LogP contribution is -3.16. The van der Waals surface area contributed by atoms with Gasteiger partial charge >= 0.3 is 5.17 Å². The third kappa shape index (κ3) is 5.99. The second kappa shape index (κ2) is 7.72. The molecule has 1 aliphatic heterocycles. The summed E-state index contributed by atoms with van der Waals surface area (Å²) in [5, 5.41) is 16.3. The molecule has 7 nitrogen and oxygen atoms in total. The van der Waals surface area contributed by atoms with Gasteiger partial charge in [-0.2, -0.15) is 0 Å². The largest absolute Gasteiger partial charge is 0.759 e. The van der Waals surface area contributed by atoms with Crippen LogP contribution in [0.25, 0.3) is 0 Å². The summed E-state index contributed by atoms with van der Waals surface area (Å²) in [5.41, 5.74) is 1.15. The molecular weight excluding hydrogens is 304 g/mol. The molecule has 0 saturated carbocycles. The molecule has 2 atom stereocenters. The minimum atomic E-state index is -5.17. The molecule has 2 unspecified atom stereocenters. The summed E-state index contributed by atoms with van der Waals surface area (Å²) in [7, 11) is -5.17. The molecular formula is C11H16N2O5S2. The fourth-order valence-electron chi connectivity index (χ4n) is 1.93. The summed E-state index contributed by atoms with van der Waals surface area (Å²) in [6, 6.07) is 10.2. The maximum Gasteiger partial charge on any atom is 0.396 e. The van der Waals surface area contributed by atoms with E-state index in [4.69, 9.17) is 22.9 Å². The van der Waals surface area contributed by atoms with Gasteiger partial charge in [-0.15, -0.1) is 0 Å². The molecule has 1 fully saturated rings. The zero-order chi connectivity index (χ0) is 15.2. The van der Waals surface area contributed by atoms with Crippen molar-refractivity contribution in [2.45, 2.75) is 6.04 Å². The number of amidine groups is 1. The maximum absolute atomic E-state index is 9.46. The Morgan fingerprint density at radius 2 is 1.90 bits per heavy atom. The van der Waals surface area contributed by atoms with Gasteiger partial charge in [0, 0.05) is 27.7 Å². The third-order valence-corrected chi connectivity index (χ3v) is 3.73. The number of aliphatic hydroxyl groups excluding tert-OH is 1. The van der Waals surface area contributed by atoms with Crippen LogP contribution in [0, 0.1) is 0 Å². The summed E-state index contributed by atoms with van der Waals surface area (Å²) in [5.74, 6) is 1.05. The lowest BCUT2D eigenvalue weighted by atomic mass is 10.1. The van der Waals surface area contributed by atoms with Gasteiger partial charge in [0.25, 0.3) is 0 Å². The van der Waals surface area contributed by atoms with Crippen molar-refractivity contribution in [3.63, 3.8) is 0 Å². The predicted octanol–water partition coefficient (Wildman–Crippen LogP) is -2.87. The van der Waals surface area contributed by atoms with E-state index in [1.54, 1.807) is 11.8 Å². The zero-order valence-electron chi connectivity index (χ0n) is 10.6. The highest BCUT2D eigenvalue weighted by Gasteiger charge is 2.36. The van der Waals surface area contributed by atoms with E-state index < -0.39 is 10.4 Å². The number of benzene rings is 1. The molecule has 1 heterocycles. The van der Waals surface area contributed by atoms with Crippen LogP contribution in [0.15, 0.2) is 30.3 Å². The molecule has 1 aromatic rings. The van der Waals surface area contributed by atoms with Gasteiger partial charge in [0.2, 0.25) is 0 Å². The van der Waals surface area contributed by atoms with Crippen molar-refractivity contribution >= 4 is 27.3 Å². The Morgan fingerprint density at radius 3 is 2.30 bits per heavy atom. The standard InChI is InChI=1S/C11H14N2OS.H2O4S/c12-11-13(6-7-15-11)10(8-14)9-4-2-1-3-5-9;1-5(2,3)4/h1-5,10,12,14H,6-8H2;(H2,1,2,3,4). The summed E-state index contributed by atoms with van der Waals surface area (Å²) in [6.07, 6.45) is 0. The number of quaternary nitrogens is 1. The van der Waals surface area contributed by atoms with Crippen molar-refractivity contribution in [2.75, 3.05) is 18.9 Å². The van der Waals surface area contributed by atoms with Crippen LogP contribution in [-0.4, -0.2) is 46.7 Å². The Hall–Kier alpha value is -0.970. The van der Waals surface area contributed by atoms with Gasteiger partial charge in [-0.05, 0) is 0 Å². The first-order valence-corrected chi connectivity index (χ1v) is 8.08. The highest BCUT2D eigenvalue weighted by atomic mass is 32.3. The molecule has 4 N–H and O–H groups in total. The normalized spacial score (nSPS) is 20.1. The molecule has 0 spiro atoms. The van der Waals surface area contributed by atoms with E-state index in [9.17, 15) is 5.11 Å². The van der Waals surface area contributed by atoms with Crippen LogP contribution in [-0.2, 0) is 10.4 Å². The average molecular weight is 320 g/mol. The zero-order valence-corrected chi connectivity index (χ0v) is 12.2. The van der Waals surface area contributed by atoms with Crippen molar-refractivity contribution in [1.29, 1.82) is 0 Å². The average Bonchev–Trinajstić information content (AvgIpc) is 2.76. The lowest BCUT2D eigenvalue weighted by Gasteiger charge is -2.19. The van der Waals surface area contributed by atoms with Crippen LogP contribution < -0.4 is 10.3 Å². The maximum atomic E-state index is 9.46. The number of aliphatic hydroxyl groups is 1. The molecule has 0 amide bonds. The minimum absolute atomic E-state index is 0.0844. The lowest BCUT2D eigenvalue weighted by molar-refractivity contribution is -0.844. The SMILES string of the molecule is O=S(=O)([O-])[O-].[NH2+]=C1SCC[NH+]1C(CO)c1ccccc1. The smallest absolute Gasteiger partial charge is 0.396 e. The molecule has 1 aliphatic rings. The number of thioether (sulfide) groups is 1. The quantitative estimate of drug-likeness (QED) is 0.405. The number of nitrogens with two attached hydrogens (primary N) is 1. The van der Waals surface area contributed by atoms with E-state index in [0.717, 1.165) is 23.0 Å². The van der Waals surface area contributed by atoms with Gasteiger partial charge in [0.1, 0.15) is 12.6 Å². The molecule has 9 heteroatoms.